The maximum atomic E-state index is 13.1. The highest BCUT2D eigenvalue weighted by Crippen LogP contribution is 2.63. The highest BCUT2D eigenvalue weighted by Gasteiger charge is 2.57. The number of carbonyl (C=O) groups is 4. The van der Waals surface area contributed by atoms with E-state index in [-0.39, 0.29) is 35.7 Å². The predicted octanol–water partition coefficient (Wildman–Crippen LogP) is 6.32. The summed E-state index contributed by atoms with van der Waals surface area (Å²) in [6.45, 7) is 10.9. The summed E-state index contributed by atoms with van der Waals surface area (Å²) in [5, 5.41) is 0. The first-order chi connectivity index (χ1) is 22.7. The van der Waals surface area contributed by atoms with Crippen LogP contribution in [0.5, 0.6) is 0 Å². The Kier molecular flexibility index (Phi) is 9.59. The van der Waals surface area contributed by atoms with E-state index in [1.807, 2.05) is 0 Å². The van der Waals surface area contributed by atoms with E-state index >= 15 is 0 Å². The molecular weight excluding hydrogens is 596 g/mol. The zero-order chi connectivity index (χ0) is 32.8. The molecule has 7 saturated carbocycles. The smallest absolute Gasteiger partial charge is 0.333 e. The van der Waals surface area contributed by atoms with Crippen molar-refractivity contribution in [2.45, 2.75) is 84.0 Å². The van der Waals surface area contributed by atoms with Gasteiger partial charge >= 0.3 is 23.9 Å². The Hall–Kier alpha value is -2.64. The van der Waals surface area contributed by atoms with E-state index in [2.05, 4.69) is 13.2 Å². The van der Waals surface area contributed by atoms with Gasteiger partial charge in [0.05, 0.1) is 38.3 Å². The molecule has 0 amide bonds. The molecule has 4 bridgehead atoms. The van der Waals surface area contributed by atoms with Crippen molar-refractivity contribution in [3.05, 3.63) is 24.8 Å². The quantitative estimate of drug-likeness (QED) is 0.137. The Morgan fingerprint density at radius 1 is 0.574 bits per heavy atom. The number of fused-ring (bicyclic) bond motifs is 10. The van der Waals surface area contributed by atoms with Gasteiger partial charge < -0.3 is 18.9 Å². The van der Waals surface area contributed by atoms with Crippen molar-refractivity contribution >= 4 is 23.9 Å². The lowest BCUT2D eigenvalue weighted by atomic mass is 9.76. The first kappa shape index (κ1) is 32.9. The van der Waals surface area contributed by atoms with Crippen molar-refractivity contribution in [2.24, 2.45) is 82.9 Å². The van der Waals surface area contributed by atoms with Crippen LogP contribution in [0, 0.1) is 82.9 Å². The molecule has 8 heteroatoms. The van der Waals surface area contributed by atoms with Crippen LogP contribution in [0.2, 0.25) is 0 Å². The fourth-order valence-electron chi connectivity index (χ4n) is 12.1. The van der Waals surface area contributed by atoms with Gasteiger partial charge in [-0.3, -0.25) is 9.59 Å². The van der Waals surface area contributed by atoms with E-state index < -0.39 is 0 Å². The minimum absolute atomic E-state index is 0.0865. The van der Waals surface area contributed by atoms with Crippen LogP contribution in [-0.4, -0.2) is 50.3 Å². The summed E-state index contributed by atoms with van der Waals surface area (Å²) in [7, 11) is 0. The molecule has 47 heavy (non-hydrogen) atoms. The van der Waals surface area contributed by atoms with Crippen molar-refractivity contribution < 1.29 is 38.1 Å². The summed E-state index contributed by atoms with van der Waals surface area (Å²) in [4.78, 5) is 49.5. The Labute approximate surface area is 279 Å². The van der Waals surface area contributed by atoms with E-state index in [9.17, 15) is 19.2 Å². The van der Waals surface area contributed by atoms with Gasteiger partial charge in [0, 0.05) is 11.6 Å². The average Bonchev–Trinajstić information content (AvgIpc) is 3.91. The average molecular weight is 651 g/mol. The predicted molar refractivity (Wildman–Crippen MR) is 173 cm³/mol. The van der Waals surface area contributed by atoms with Gasteiger partial charge in [0.2, 0.25) is 0 Å². The van der Waals surface area contributed by atoms with Crippen molar-refractivity contribution in [1.82, 2.24) is 0 Å². The summed E-state index contributed by atoms with van der Waals surface area (Å²) in [5.74, 6) is 6.18. The lowest BCUT2D eigenvalue weighted by molar-refractivity contribution is -0.157. The standard InChI is InChI=1S/C39H54O8/c1-4-36(40)44-17-22-9-30-27-14-29(33(16-27)34(30)11-22)20-47-39(43)25-7-5-24(6-8-25)38(42)45-18-23-10-31-26-13-28(19-46-37(41)21(2)3)32(15-26)35(31)12-23/h4,22-35H,1-2,5-20H2,3H3. The topological polar surface area (TPSA) is 105 Å². The van der Waals surface area contributed by atoms with E-state index in [0.717, 1.165) is 50.4 Å². The van der Waals surface area contributed by atoms with Gasteiger partial charge in [-0.15, -0.1) is 0 Å². The summed E-state index contributed by atoms with van der Waals surface area (Å²) in [6.07, 6.45) is 13.3. The molecule has 0 spiro atoms. The summed E-state index contributed by atoms with van der Waals surface area (Å²) in [5.41, 5.74) is 0.456. The molecule has 7 rings (SSSR count). The fraction of sp³-hybridized carbons (Fsp3) is 0.795. The molecule has 0 N–H and O–H groups in total. The molecule has 0 radical (unpaired) electrons. The zero-order valence-electron chi connectivity index (χ0n) is 28.2. The zero-order valence-corrected chi connectivity index (χ0v) is 28.2. The monoisotopic (exact) mass is 650 g/mol. The van der Waals surface area contributed by atoms with Crippen LogP contribution in [0.4, 0.5) is 0 Å². The molecule has 0 aromatic carbocycles. The van der Waals surface area contributed by atoms with Crippen LogP contribution >= 0.6 is 0 Å². The highest BCUT2D eigenvalue weighted by atomic mass is 16.5. The molecule has 12 atom stereocenters. The third kappa shape index (κ3) is 6.68. The molecule has 0 aliphatic heterocycles. The Morgan fingerprint density at radius 2 is 1.02 bits per heavy atom. The third-order valence-electron chi connectivity index (χ3n) is 14.1. The first-order valence-corrected chi connectivity index (χ1v) is 18.6. The van der Waals surface area contributed by atoms with Gasteiger partial charge in [-0.2, -0.15) is 0 Å². The van der Waals surface area contributed by atoms with E-state index in [1.165, 1.54) is 18.9 Å². The van der Waals surface area contributed by atoms with Crippen molar-refractivity contribution in [2.75, 3.05) is 26.4 Å². The number of rotatable bonds is 12. The Morgan fingerprint density at radius 3 is 1.51 bits per heavy atom. The summed E-state index contributed by atoms with van der Waals surface area (Å²) in [6, 6.07) is 0. The van der Waals surface area contributed by atoms with Crippen LogP contribution in [0.25, 0.3) is 0 Å². The molecule has 0 heterocycles. The summed E-state index contributed by atoms with van der Waals surface area (Å²) < 4.78 is 22.7. The molecule has 8 nitrogen and oxygen atoms in total. The Balaban J connectivity index is 0.787. The number of ether oxygens (including phenoxy) is 4. The molecule has 7 aliphatic rings. The second-order valence-electron chi connectivity index (χ2n) is 16.7. The van der Waals surface area contributed by atoms with E-state index in [0.29, 0.717) is 117 Å². The SMILES string of the molecule is C=CC(=O)OCC1CC2C3CC(COC(=O)C4CCC(C(=O)OCC5CC6C7CC(COC(=O)C(=C)C)C(C7)C6C5)CC4)C(C3)C2C1. The molecule has 12 unspecified atom stereocenters. The lowest BCUT2D eigenvalue weighted by Gasteiger charge is -2.32. The van der Waals surface area contributed by atoms with Gasteiger partial charge in [-0.1, -0.05) is 13.2 Å². The largest absolute Gasteiger partial charge is 0.465 e. The van der Waals surface area contributed by atoms with Gasteiger partial charge in [0.1, 0.15) is 0 Å². The molecule has 0 saturated heterocycles. The number of hydrogen-bond donors (Lipinski definition) is 0. The van der Waals surface area contributed by atoms with E-state index in [1.54, 1.807) is 6.92 Å². The number of carbonyl (C=O) groups excluding carboxylic acids is 4. The third-order valence-corrected chi connectivity index (χ3v) is 14.1. The molecule has 7 fully saturated rings. The van der Waals surface area contributed by atoms with Crippen LogP contribution in [0.15, 0.2) is 24.8 Å². The normalized spacial score (nSPS) is 42.4. The van der Waals surface area contributed by atoms with Gasteiger partial charge in [-0.25, -0.2) is 9.59 Å². The highest BCUT2D eigenvalue weighted by molar-refractivity contribution is 5.86. The maximum absolute atomic E-state index is 13.1. The molecule has 0 aromatic heterocycles. The second kappa shape index (κ2) is 13.7. The molecule has 7 aliphatic carbocycles. The van der Waals surface area contributed by atoms with Crippen LogP contribution in [-0.2, 0) is 38.1 Å². The van der Waals surface area contributed by atoms with Crippen LogP contribution in [0.3, 0.4) is 0 Å². The maximum Gasteiger partial charge on any atom is 0.333 e. The molecule has 0 aromatic rings. The number of hydrogen-bond acceptors (Lipinski definition) is 8. The summed E-state index contributed by atoms with van der Waals surface area (Å²) >= 11 is 0. The molecule has 258 valence electrons. The van der Waals surface area contributed by atoms with Gasteiger partial charge in [0.25, 0.3) is 0 Å². The minimum Gasteiger partial charge on any atom is -0.465 e. The number of esters is 4. The fourth-order valence-corrected chi connectivity index (χ4v) is 12.1. The minimum atomic E-state index is -0.338. The van der Waals surface area contributed by atoms with Gasteiger partial charge in [-0.05, 0) is 155 Å². The first-order valence-electron chi connectivity index (χ1n) is 18.6. The molecular formula is C39H54O8. The Bertz CT molecular complexity index is 1250. The van der Waals surface area contributed by atoms with E-state index in [4.69, 9.17) is 18.9 Å². The van der Waals surface area contributed by atoms with Crippen LogP contribution < -0.4 is 0 Å². The second-order valence-corrected chi connectivity index (χ2v) is 16.7. The lowest BCUT2D eigenvalue weighted by Crippen LogP contribution is -2.32. The van der Waals surface area contributed by atoms with Crippen LogP contribution in [0.1, 0.15) is 84.0 Å². The van der Waals surface area contributed by atoms with Gasteiger partial charge in [0.15, 0.2) is 0 Å². The van der Waals surface area contributed by atoms with Crippen molar-refractivity contribution in [3.63, 3.8) is 0 Å². The van der Waals surface area contributed by atoms with Crippen molar-refractivity contribution in [1.29, 1.82) is 0 Å². The van der Waals surface area contributed by atoms with Crippen molar-refractivity contribution in [3.8, 4) is 0 Å².